The van der Waals surface area contributed by atoms with Crippen LogP contribution in [0.4, 0.5) is 34.6 Å². The van der Waals surface area contributed by atoms with E-state index in [2.05, 4.69) is 5.32 Å². The second-order valence-electron chi connectivity index (χ2n) is 7.03. The Morgan fingerprint density at radius 3 is 2.27 bits per heavy atom. The second-order valence-corrected chi connectivity index (χ2v) is 10.0. The number of sulfonamides is 1. The van der Waals surface area contributed by atoms with Crippen LogP contribution in [0.5, 0.6) is 0 Å². The molecule has 3 aromatic carbocycles. The Kier molecular flexibility index (Phi) is 7.17. The number of benzene rings is 3. The van der Waals surface area contributed by atoms with E-state index in [1.54, 1.807) is 0 Å². The Balaban J connectivity index is 2.05. The Hall–Kier alpha value is -2.87. The van der Waals surface area contributed by atoms with Gasteiger partial charge in [-0.3, -0.25) is 9.52 Å². The van der Waals surface area contributed by atoms with E-state index in [-0.39, 0.29) is 16.9 Å². The number of carbonyl (C=O) groups is 1. The second kappa shape index (κ2) is 9.55. The number of hydrogen-bond acceptors (Lipinski definition) is 4. The molecular formula is C21H16F4IN3O3S. The minimum absolute atomic E-state index is 0.165. The summed E-state index contributed by atoms with van der Waals surface area (Å²) in [5, 5.41) is 2.35. The van der Waals surface area contributed by atoms with Gasteiger partial charge in [0.1, 0.15) is 5.82 Å². The largest absolute Gasteiger partial charge is 0.366 e. The van der Waals surface area contributed by atoms with E-state index in [9.17, 15) is 30.8 Å². The van der Waals surface area contributed by atoms with Gasteiger partial charge in [-0.15, -0.1) is 0 Å². The van der Waals surface area contributed by atoms with Crippen LogP contribution in [-0.4, -0.2) is 20.6 Å². The lowest BCUT2D eigenvalue weighted by Crippen LogP contribution is -2.17. The predicted octanol–water partition coefficient (Wildman–Crippen LogP) is 4.65. The van der Waals surface area contributed by atoms with E-state index in [4.69, 9.17) is 5.73 Å². The number of halogens is 5. The van der Waals surface area contributed by atoms with E-state index < -0.39 is 62.4 Å². The van der Waals surface area contributed by atoms with Crippen LogP contribution in [0.2, 0.25) is 0 Å². The van der Waals surface area contributed by atoms with Crippen LogP contribution < -0.4 is 15.8 Å². The first-order valence-electron chi connectivity index (χ1n) is 9.15. The van der Waals surface area contributed by atoms with E-state index in [1.165, 1.54) is 24.3 Å². The predicted molar refractivity (Wildman–Crippen MR) is 125 cm³/mol. The maximum atomic E-state index is 14.9. The molecule has 0 saturated heterocycles. The first-order chi connectivity index (χ1) is 15.4. The van der Waals surface area contributed by atoms with Crippen LogP contribution >= 0.6 is 22.6 Å². The fourth-order valence-electron chi connectivity index (χ4n) is 3.05. The van der Waals surface area contributed by atoms with Crippen LogP contribution in [0.1, 0.15) is 21.5 Å². The number of hydrogen-bond donors (Lipinski definition) is 3. The number of primary amides is 1. The molecule has 0 saturated carbocycles. The molecule has 0 atom stereocenters. The maximum absolute atomic E-state index is 14.9. The van der Waals surface area contributed by atoms with Crippen molar-refractivity contribution in [3.63, 3.8) is 0 Å². The highest BCUT2D eigenvalue weighted by molar-refractivity contribution is 14.1. The fraction of sp³-hybridized carbons (Fsp3) is 0.0952. The van der Waals surface area contributed by atoms with Gasteiger partial charge in [-0.1, -0.05) is 12.1 Å². The number of rotatable bonds is 7. The topological polar surface area (TPSA) is 101 Å². The van der Waals surface area contributed by atoms with Crippen molar-refractivity contribution < 1.29 is 30.8 Å². The molecule has 33 heavy (non-hydrogen) atoms. The van der Waals surface area contributed by atoms with Gasteiger partial charge in [0.2, 0.25) is 10.0 Å². The lowest BCUT2D eigenvalue weighted by molar-refractivity contribution is 0.100. The molecule has 0 fully saturated rings. The van der Waals surface area contributed by atoms with Crippen molar-refractivity contribution >= 4 is 55.6 Å². The number of nitrogens with two attached hydrogens (primary N) is 1. The molecule has 0 aliphatic rings. The monoisotopic (exact) mass is 593 g/mol. The van der Waals surface area contributed by atoms with Gasteiger partial charge in [0, 0.05) is 9.99 Å². The standard InChI is InChI=1S/C21H16F4IN3O3S/c1-33(31,32)29-16-4-2-3-10(17(16)23)7-11-8-13(21(27)30)20(19(25)18(11)24)28-15-6-5-12(26)9-14(15)22/h2-6,8-9,28-29H,7H2,1H3,(H2,27,30). The zero-order valence-corrected chi connectivity index (χ0v) is 19.8. The number of nitrogens with one attached hydrogen (secondary N) is 2. The van der Waals surface area contributed by atoms with Gasteiger partial charge in [0.25, 0.3) is 5.91 Å². The molecule has 3 aromatic rings. The highest BCUT2D eigenvalue weighted by Crippen LogP contribution is 2.32. The summed E-state index contributed by atoms with van der Waals surface area (Å²) in [4.78, 5) is 11.9. The van der Waals surface area contributed by atoms with Crippen molar-refractivity contribution in [2.24, 2.45) is 5.73 Å². The molecule has 0 aliphatic carbocycles. The third kappa shape index (κ3) is 5.74. The summed E-state index contributed by atoms with van der Waals surface area (Å²) in [6.45, 7) is 0. The van der Waals surface area contributed by atoms with E-state index in [0.717, 1.165) is 24.5 Å². The summed E-state index contributed by atoms with van der Waals surface area (Å²) < 4.78 is 84.0. The molecule has 4 N–H and O–H groups in total. The Morgan fingerprint density at radius 1 is 0.970 bits per heavy atom. The zero-order valence-electron chi connectivity index (χ0n) is 16.8. The SMILES string of the molecule is CS(=O)(=O)Nc1cccc(Cc2cc(C(N)=O)c(Nc3ccc(I)cc3F)c(F)c2F)c1F. The molecule has 0 heterocycles. The minimum atomic E-state index is -3.79. The molecule has 0 aliphatic heterocycles. The van der Waals surface area contributed by atoms with Gasteiger partial charge in [0.15, 0.2) is 17.5 Å². The summed E-state index contributed by atoms with van der Waals surface area (Å²) in [5.74, 6) is -5.80. The highest BCUT2D eigenvalue weighted by Gasteiger charge is 2.23. The molecule has 0 bridgehead atoms. The van der Waals surface area contributed by atoms with Crippen molar-refractivity contribution in [3.05, 3.63) is 86.0 Å². The van der Waals surface area contributed by atoms with Crippen molar-refractivity contribution in [3.8, 4) is 0 Å². The Bertz CT molecular complexity index is 1370. The van der Waals surface area contributed by atoms with Crippen molar-refractivity contribution in [2.45, 2.75) is 6.42 Å². The molecule has 0 unspecified atom stereocenters. The van der Waals surface area contributed by atoms with Gasteiger partial charge in [0.05, 0.1) is 28.9 Å². The van der Waals surface area contributed by atoms with Crippen LogP contribution in [0.25, 0.3) is 0 Å². The molecule has 174 valence electrons. The first kappa shape index (κ1) is 24.8. The summed E-state index contributed by atoms with van der Waals surface area (Å²) in [5.41, 5.74) is 3.01. The molecule has 0 spiro atoms. The van der Waals surface area contributed by atoms with Gasteiger partial charge in [-0.2, -0.15) is 0 Å². The summed E-state index contributed by atoms with van der Waals surface area (Å²) in [7, 11) is -3.79. The van der Waals surface area contributed by atoms with Crippen LogP contribution in [0, 0.1) is 26.8 Å². The minimum Gasteiger partial charge on any atom is -0.366 e. The van der Waals surface area contributed by atoms with Gasteiger partial charge in [-0.05, 0) is 64.0 Å². The number of amides is 1. The molecule has 6 nitrogen and oxygen atoms in total. The molecule has 1 amide bonds. The van der Waals surface area contributed by atoms with Crippen LogP contribution in [0.15, 0.2) is 42.5 Å². The van der Waals surface area contributed by atoms with Crippen LogP contribution in [-0.2, 0) is 16.4 Å². The molecule has 0 aromatic heterocycles. The first-order valence-corrected chi connectivity index (χ1v) is 12.1. The summed E-state index contributed by atoms with van der Waals surface area (Å²) >= 11 is 1.86. The van der Waals surface area contributed by atoms with Gasteiger partial charge in [-0.25, -0.2) is 26.0 Å². The maximum Gasteiger partial charge on any atom is 0.250 e. The zero-order chi connectivity index (χ0) is 24.5. The van der Waals surface area contributed by atoms with E-state index in [1.807, 2.05) is 27.3 Å². The summed E-state index contributed by atoms with van der Waals surface area (Å²) in [6.07, 6.45) is 0.307. The fourth-order valence-corrected chi connectivity index (χ4v) is 4.06. The Labute approximate surface area is 200 Å². The smallest absolute Gasteiger partial charge is 0.250 e. The average Bonchev–Trinajstić information content (AvgIpc) is 2.70. The van der Waals surface area contributed by atoms with E-state index >= 15 is 0 Å². The molecule has 0 radical (unpaired) electrons. The molecule has 12 heteroatoms. The quantitative estimate of drug-likeness (QED) is 0.274. The summed E-state index contributed by atoms with van der Waals surface area (Å²) in [6, 6.07) is 8.61. The van der Waals surface area contributed by atoms with Gasteiger partial charge < -0.3 is 11.1 Å². The Morgan fingerprint density at radius 2 is 1.67 bits per heavy atom. The van der Waals surface area contributed by atoms with Gasteiger partial charge >= 0.3 is 0 Å². The average molecular weight is 593 g/mol. The van der Waals surface area contributed by atoms with E-state index in [0.29, 0.717) is 3.57 Å². The number of anilines is 3. The normalized spacial score (nSPS) is 11.3. The lowest BCUT2D eigenvalue weighted by Gasteiger charge is -2.16. The molecular weight excluding hydrogens is 577 g/mol. The third-order valence-corrected chi connectivity index (χ3v) is 5.75. The van der Waals surface area contributed by atoms with Crippen molar-refractivity contribution in [2.75, 3.05) is 16.3 Å². The number of carbonyl (C=O) groups excluding carboxylic acids is 1. The van der Waals surface area contributed by atoms with Crippen molar-refractivity contribution in [1.29, 1.82) is 0 Å². The molecule has 3 rings (SSSR count). The highest BCUT2D eigenvalue weighted by atomic mass is 127. The van der Waals surface area contributed by atoms with Crippen LogP contribution in [0.3, 0.4) is 0 Å². The third-order valence-electron chi connectivity index (χ3n) is 4.49. The van der Waals surface area contributed by atoms with Crippen molar-refractivity contribution in [1.82, 2.24) is 0 Å². The lowest BCUT2D eigenvalue weighted by atomic mass is 9.99.